The van der Waals surface area contributed by atoms with Gasteiger partial charge in [0.1, 0.15) is 22.9 Å². The summed E-state index contributed by atoms with van der Waals surface area (Å²) in [7, 11) is 5.01. The molecule has 3 rings (SSSR count). The molecule has 0 aliphatic carbocycles. The van der Waals surface area contributed by atoms with Crippen LogP contribution in [-0.2, 0) is 0 Å². The van der Waals surface area contributed by atoms with Gasteiger partial charge in [-0.05, 0) is 36.4 Å². The summed E-state index contributed by atoms with van der Waals surface area (Å²) in [4.78, 5) is 25.9. The molecule has 1 amide bonds. The number of hydrogen-bond acceptors (Lipinski definition) is 7. The van der Waals surface area contributed by atoms with Gasteiger partial charge in [0.25, 0.3) is 5.91 Å². The molecule has 3 aromatic rings. The molecule has 3 N–H and O–H groups in total. The number of nitrogens with one attached hydrogen (secondary N) is 3. The van der Waals surface area contributed by atoms with Crippen molar-refractivity contribution >= 4 is 23.2 Å². The van der Waals surface area contributed by atoms with Crippen molar-refractivity contribution in [1.29, 1.82) is 0 Å². The molecule has 0 aliphatic rings. The van der Waals surface area contributed by atoms with Crippen molar-refractivity contribution in [2.24, 2.45) is 0 Å². The highest BCUT2D eigenvalue weighted by Gasteiger charge is 2.21. The summed E-state index contributed by atoms with van der Waals surface area (Å²) in [6.45, 7) is 0. The number of amides is 1. The SMILES string of the molecule is CNc1nc(-c2cccnc2)nc(NC)c1C(=O)Nc1ccc(OC)cc1. The maximum atomic E-state index is 12.9. The van der Waals surface area contributed by atoms with Crippen LogP contribution in [0, 0.1) is 0 Å². The molecule has 1 aromatic carbocycles. The van der Waals surface area contributed by atoms with E-state index in [-0.39, 0.29) is 5.91 Å². The van der Waals surface area contributed by atoms with Gasteiger partial charge in [-0.2, -0.15) is 0 Å². The highest BCUT2D eigenvalue weighted by atomic mass is 16.5. The molecule has 2 heterocycles. The fourth-order valence-electron chi connectivity index (χ4n) is 2.53. The average Bonchev–Trinajstić information content (AvgIpc) is 2.73. The number of hydrogen-bond donors (Lipinski definition) is 3. The zero-order chi connectivity index (χ0) is 19.2. The normalized spacial score (nSPS) is 10.2. The molecule has 8 heteroatoms. The summed E-state index contributed by atoms with van der Waals surface area (Å²) in [5.41, 5.74) is 1.72. The second kappa shape index (κ2) is 8.13. The third-order valence-corrected chi connectivity index (χ3v) is 3.88. The molecule has 0 unspecified atom stereocenters. The number of ether oxygens (including phenoxy) is 1. The van der Waals surface area contributed by atoms with Gasteiger partial charge in [0.05, 0.1) is 7.11 Å². The number of anilines is 3. The van der Waals surface area contributed by atoms with Crippen LogP contribution < -0.4 is 20.7 Å². The first-order chi connectivity index (χ1) is 13.2. The summed E-state index contributed by atoms with van der Waals surface area (Å²) in [6, 6.07) is 10.7. The van der Waals surface area contributed by atoms with E-state index in [9.17, 15) is 4.79 Å². The predicted molar refractivity (Wildman–Crippen MR) is 105 cm³/mol. The minimum absolute atomic E-state index is 0.323. The van der Waals surface area contributed by atoms with E-state index in [2.05, 4.69) is 30.9 Å². The van der Waals surface area contributed by atoms with Gasteiger partial charge < -0.3 is 20.7 Å². The Balaban J connectivity index is 1.96. The van der Waals surface area contributed by atoms with Crippen molar-refractivity contribution in [3.8, 4) is 17.1 Å². The summed E-state index contributed by atoms with van der Waals surface area (Å²) in [5.74, 6) is 1.69. The Kier molecular flexibility index (Phi) is 5.46. The summed E-state index contributed by atoms with van der Waals surface area (Å²) < 4.78 is 5.13. The van der Waals surface area contributed by atoms with E-state index in [1.165, 1.54) is 0 Å². The molecular weight excluding hydrogens is 344 g/mol. The highest BCUT2D eigenvalue weighted by molar-refractivity contribution is 6.11. The van der Waals surface area contributed by atoms with E-state index in [0.29, 0.717) is 34.5 Å². The Hall–Kier alpha value is -3.68. The lowest BCUT2D eigenvalue weighted by atomic mass is 10.2. The maximum Gasteiger partial charge on any atom is 0.263 e. The van der Waals surface area contributed by atoms with Crippen molar-refractivity contribution in [2.75, 3.05) is 37.2 Å². The molecule has 138 valence electrons. The van der Waals surface area contributed by atoms with Crippen LogP contribution in [0.5, 0.6) is 5.75 Å². The van der Waals surface area contributed by atoms with E-state index in [4.69, 9.17) is 4.74 Å². The van der Waals surface area contributed by atoms with Crippen LogP contribution in [0.3, 0.4) is 0 Å². The third kappa shape index (κ3) is 3.95. The topological polar surface area (TPSA) is 101 Å². The number of methoxy groups -OCH3 is 1. The average molecular weight is 364 g/mol. The molecule has 0 saturated heterocycles. The highest BCUT2D eigenvalue weighted by Crippen LogP contribution is 2.26. The third-order valence-electron chi connectivity index (χ3n) is 3.88. The van der Waals surface area contributed by atoms with Crippen LogP contribution in [0.4, 0.5) is 17.3 Å². The lowest BCUT2D eigenvalue weighted by Gasteiger charge is -2.15. The second-order valence-corrected chi connectivity index (χ2v) is 5.54. The first kappa shape index (κ1) is 18.1. The zero-order valence-electron chi connectivity index (χ0n) is 15.3. The zero-order valence-corrected chi connectivity index (χ0v) is 15.3. The minimum atomic E-state index is -0.327. The molecule has 27 heavy (non-hydrogen) atoms. The number of pyridine rings is 1. The van der Waals surface area contributed by atoms with Crippen molar-refractivity contribution < 1.29 is 9.53 Å². The van der Waals surface area contributed by atoms with Gasteiger partial charge in [-0.3, -0.25) is 9.78 Å². The van der Waals surface area contributed by atoms with Crippen LogP contribution in [0.1, 0.15) is 10.4 Å². The lowest BCUT2D eigenvalue weighted by molar-refractivity contribution is 0.102. The Morgan fingerprint density at radius 3 is 2.19 bits per heavy atom. The number of aromatic nitrogens is 3. The van der Waals surface area contributed by atoms with Crippen LogP contribution in [-0.4, -0.2) is 42.1 Å². The molecule has 2 aromatic heterocycles. The Bertz CT molecular complexity index is 904. The summed E-state index contributed by atoms with van der Waals surface area (Å²) in [5, 5.41) is 8.80. The van der Waals surface area contributed by atoms with Gasteiger partial charge in [0.15, 0.2) is 5.82 Å². The minimum Gasteiger partial charge on any atom is -0.497 e. The fourth-order valence-corrected chi connectivity index (χ4v) is 2.53. The number of nitrogens with zero attached hydrogens (tertiary/aromatic N) is 3. The first-order valence-electron chi connectivity index (χ1n) is 8.29. The van der Waals surface area contributed by atoms with E-state index < -0.39 is 0 Å². The number of rotatable bonds is 6. The molecule has 0 saturated carbocycles. The molecular formula is C19H20N6O2. The van der Waals surface area contributed by atoms with Gasteiger partial charge in [0.2, 0.25) is 0 Å². The van der Waals surface area contributed by atoms with Gasteiger partial charge in [-0.25, -0.2) is 9.97 Å². The molecule has 8 nitrogen and oxygen atoms in total. The van der Waals surface area contributed by atoms with Crippen LogP contribution in [0.25, 0.3) is 11.4 Å². The molecule has 0 radical (unpaired) electrons. The number of carbonyl (C=O) groups is 1. The van der Waals surface area contributed by atoms with Crippen molar-refractivity contribution in [1.82, 2.24) is 15.0 Å². The van der Waals surface area contributed by atoms with E-state index >= 15 is 0 Å². The Labute approximate surface area is 157 Å². The molecule has 0 atom stereocenters. The number of carbonyl (C=O) groups excluding carboxylic acids is 1. The number of benzene rings is 1. The fraction of sp³-hybridized carbons (Fsp3) is 0.158. The van der Waals surface area contributed by atoms with Crippen molar-refractivity contribution in [3.63, 3.8) is 0 Å². The second-order valence-electron chi connectivity index (χ2n) is 5.54. The Morgan fingerprint density at radius 1 is 1.00 bits per heavy atom. The predicted octanol–water partition coefficient (Wildman–Crippen LogP) is 2.88. The lowest BCUT2D eigenvalue weighted by Crippen LogP contribution is -2.18. The molecule has 0 fully saturated rings. The van der Waals surface area contributed by atoms with E-state index in [1.54, 1.807) is 63.9 Å². The van der Waals surface area contributed by atoms with Crippen molar-refractivity contribution in [2.45, 2.75) is 0 Å². The summed E-state index contributed by atoms with van der Waals surface area (Å²) in [6.07, 6.45) is 3.35. The van der Waals surface area contributed by atoms with E-state index in [1.807, 2.05) is 6.07 Å². The van der Waals surface area contributed by atoms with Gasteiger partial charge in [-0.1, -0.05) is 0 Å². The van der Waals surface area contributed by atoms with Gasteiger partial charge in [0, 0.05) is 37.7 Å². The quantitative estimate of drug-likeness (QED) is 0.618. The van der Waals surface area contributed by atoms with Gasteiger partial charge in [-0.15, -0.1) is 0 Å². The van der Waals surface area contributed by atoms with Gasteiger partial charge >= 0.3 is 0 Å². The summed E-state index contributed by atoms with van der Waals surface area (Å²) >= 11 is 0. The van der Waals surface area contributed by atoms with Crippen molar-refractivity contribution in [3.05, 3.63) is 54.4 Å². The smallest absolute Gasteiger partial charge is 0.263 e. The molecule has 0 aliphatic heterocycles. The monoisotopic (exact) mass is 364 g/mol. The first-order valence-corrected chi connectivity index (χ1v) is 8.29. The Morgan fingerprint density at radius 2 is 1.67 bits per heavy atom. The maximum absolute atomic E-state index is 12.9. The molecule has 0 bridgehead atoms. The standard InChI is InChI=1S/C19H20N6O2/c1-20-17-15(19(26)23-13-6-8-14(27-3)9-7-13)18(21-2)25-16(24-17)12-5-4-10-22-11-12/h4-11H,1-3H3,(H,23,26)(H2,20,21,24,25). The van der Waals surface area contributed by atoms with Crippen LogP contribution in [0.2, 0.25) is 0 Å². The van der Waals surface area contributed by atoms with Crippen LogP contribution in [0.15, 0.2) is 48.8 Å². The van der Waals surface area contributed by atoms with Crippen LogP contribution >= 0.6 is 0 Å². The molecule has 0 spiro atoms. The van der Waals surface area contributed by atoms with E-state index in [0.717, 1.165) is 5.56 Å². The largest absolute Gasteiger partial charge is 0.497 e.